The van der Waals surface area contributed by atoms with E-state index in [1.807, 2.05) is 0 Å². The Hall–Kier alpha value is -2.30. The molecule has 2 heterocycles. The van der Waals surface area contributed by atoms with Gasteiger partial charge in [0.25, 0.3) is 5.91 Å². The maximum Gasteiger partial charge on any atom is 0.251 e. The zero-order valence-corrected chi connectivity index (χ0v) is 19.4. The van der Waals surface area contributed by atoms with Crippen LogP contribution in [0.4, 0.5) is 5.13 Å². The standard InChI is InChI=1S/C21H21ClN4O4S2/c22-19-11-23-21(31-19)25-20(28)17(9-12-4-5-13(27)8-12)26-16-2-1-3-18(15(16)10-24-26)32(29,30)14-6-7-14/h1-3,10-12,14,17H,4-9H2,(H,23,25,28)/t12-,17+/m0/s1. The highest BCUT2D eigenvalue weighted by Crippen LogP contribution is 2.38. The Morgan fingerprint density at radius 1 is 1.28 bits per heavy atom. The molecular weight excluding hydrogens is 472 g/mol. The van der Waals surface area contributed by atoms with Gasteiger partial charge in [-0.1, -0.05) is 29.0 Å². The van der Waals surface area contributed by atoms with Gasteiger partial charge in [-0.3, -0.25) is 14.3 Å². The number of amides is 1. The first-order chi connectivity index (χ1) is 15.3. The number of thiazole rings is 1. The number of ketones is 1. The molecule has 0 spiro atoms. The number of rotatable bonds is 7. The van der Waals surface area contributed by atoms with Crippen LogP contribution >= 0.6 is 22.9 Å². The van der Waals surface area contributed by atoms with Gasteiger partial charge in [0, 0.05) is 18.2 Å². The molecular formula is C21H21ClN4O4S2. The first-order valence-corrected chi connectivity index (χ1v) is 13.2. The minimum absolute atomic E-state index is 0.0655. The van der Waals surface area contributed by atoms with Gasteiger partial charge in [0.1, 0.15) is 16.2 Å². The zero-order chi connectivity index (χ0) is 22.5. The maximum atomic E-state index is 13.3. The van der Waals surface area contributed by atoms with E-state index in [1.165, 1.54) is 12.4 Å². The summed E-state index contributed by atoms with van der Waals surface area (Å²) in [4.78, 5) is 29.4. The Kier molecular flexibility index (Phi) is 5.55. The summed E-state index contributed by atoms with van der Waals surface area (Å²) in [5, 5.41) is 7.78. The lowest BCUT2D eigenvalue weighted by Crippen LogP contribution is -2.28. The molecule has 0 aliphatic heterocycles. The van der Waals surface area contributed by atoms with Gasteiger partial charge in [0.2, 0.25) is 0 Å². The minimum Gasteiger partial charge on any atom is -0.300 e. The lowest BCUT2D eigenvalue weighted by atomic mass is 9.97. The predicted molar refractivity (Wildman–Crippen MR) is 122 cm³/mol. The van der Waals surface area contributed by atoms with Crippen molar-refractivity contribution in [2.24, 2.45) is 5.92 Å². The molecule has 2 aromatic heterocycles. The summed E-state index contributed by atoms with van der Waals surface area (Å²) in [6, 6.07) is 4.34. The fraction of sp³-hybridized carbons (Fsp3) is 0.429. The van der Waals surface area contributed by atoms with Crippen LogP contribution in [0.3, 0.4) is 0 Å². The first kappa shape index (κ1) is 21.5. The van der Waals surface area contributed by atoms with E-state index in [0.29, 0.717) is 52.5 Å². The summed E-state index contributed by atoms with van der Waals surface area (Å²) in [6.07, 6.45) is 6.43. The van der Waals surface area contributed by atoms with Crippen LogP contribution in [0.1, 0.15) is 44.6 Å². The number of nitrogens with zero attached hydrogens (tertiary/aromatic N) is 3. The number of carbonyl (C=O) groups excluding carboxylic acids is 2. The summed E-state index contributed by atoms with van der Waals surface area (Å²) >= 11 is 7.09. The molecule has 2 aliphatic rings. The number of hydrogen-bond donors (Lipinski definition) is 1. The average Bonchev–Trinajstić information content (AvgIpc) is 3.24. The van der Waals surface area contributed by atoms with Crippen molar-refractivity contribution in [2.75, 3.05) is 5.32 Å². The molecule has 2 saturated carbocycles. The molecule has 1 N–H and O–H groups in total. The highest BCUT2D eigenvalue weighted by molar-refractivity contribution is 7.92. The quantitative estimate of drug-likeness (QED) is 0.533. The van der Waals surface area contributed by atoms with E-state index in [0.717, 1.165) is 17.8 Å². The topological polar surface area (TPSA) is 111 Å². The Morgan fingerprint density at radius 2 is 2.09 bits per heavy atom. The molecule has 2 fully saturated rings. The summed E-state index contributed by atoms with van der Waals surface area (Å²) in [6.45, 7) is 0. The van der Waals surface area contributed by atoms with Crippen LogP contribution in [0.25, 0.3) is 10.9 Å². The second kappa shape index (κ2) is 8.24. The van der Waals surface area contributed by atoms with E-state index >= 15 is 0 Å². The second-order valence-corrected chi connectivity index (χ2v) is 12.2. The smallest absolute Gasteiger partial charge is 0.251 e. The molecule has 2 atom stereocenters. The summed E-state index contributed by atoms with van der Waals surface area (Å²) < 4.78 is 27.8. The largest absolute Gasteiger partial charge is 0.300 e. The van der Waals surface area contributed by atoms with Crippen LogP contribution in [0.2, 0.25) is 4.34 Å². The normalized spacial score (nSPS) is 20.0. The van der Waals surface area contributed by atoms with Crippen LogP contribution < -0.4 is 5.32 Å². The van der Waals surface area contributed by atoms with Gasteiger partial charge >= 0.3 is 0 Å². The molecule has 32 heavy (non-hydrogen) atoms. The van der Waals surface area contributed by atoms with Crippen molar-refractivity contribution in [3.05, 3.63) is 34.9 Å². The summed E-state index contributed by atoms with van der Waals surface area (Å²) in [7, 11) is -3.42. The third kappa shape index (κ3) is 4.06. The second-order valence-electron chi connectivity index (χ2n) is 8.38. The van der Waals surface area contributed by atoms with E-state index < -0.39 is 15.9 Å². The number of sulfone groups is 1. The maximum absolute atomic E-state index is 13.3. The van der Waals surface area contributed by atoms with Crippen molar-refractivity contribution in [2.45, 2.75) is 54.7 Å². The van der Waals surface area contributed by atoms with E-state index in [4.69, 9.17) is 11.6 Å². The Morgan fingerprint density at radius 3 is 2.75 bits per heavy atom. The third-order valence-electron chi connectivity index (χ3n) is 6.08. The Bertz CT molecular complexity index is 1310. The van der Waals surface area contributed by atoms with Crippen molar-refractivity contribution in [1.82, 2.24) is 14.8 Å². The van der Waals surface area contributed by atoms with Gasteiger partial charge in [-0.25, -0.2) is 13.4 Å². The van der Waals surface area contributed by atoms with Gasteiger partial charge in [-0.05, 0) is 43.7 Å². The Balaban J connectivity index is 1.53. The van der Waals surface area contributed by atoms with E-state index in [9.17, 15) is 18.0 Å². The fourth-order valence-corrected chi connectivity index (χ4v) is 6.99. The van der Waals surface area contributed by atoms with Crippen molar-refractivity contribution < 1.29 is 18.0 Å². The number of aromatic nitrogens is 3. The number of Topliss-reactive ketones (excluding diaryl/α,β-unsaturated/α-hetero) is 1. The van der Waals surface area contributed by atoms with E-state index in [-0.39, 0.29) is 27.8 Å². The number of nitrogens with one attached hydrogen (secondary N) is 1. The van der Waals surface area contributed by atoms with Gasteiger partial charge in [-0.2, -0.15) is 5.10 Å². The summed E-state index contributed by atoms with van der Waals surface area (Å²) in [5.74, 6) is -0.0596. The van der Waals surface area contributed by atoms with E-state index in [2.05, 4.69) is 15.4 Å². The number of hydrogen-bond acceptors (Lipinski definition) is 7. The molecule has 1 amide bonds. The molecule has 168 valence electrons. The lowest BCUT2D eigenvalue weighted by molar-refractivity contribution is -0.120. The SMILES string of the molecule is O=C1CC[C@H](C[C@H](C(=O)Nc2ncc(Cl)s2)n2ncc3c(S(=O)(=O)C4CC4)cccc32)C1. The van der Waals surface area contributed by atoms with Gasteiger partial charge in [0.15, 0.2) is 15.0 Å². The molecule has 5 rings (SSSR count). The summed E-state index contributed by atoms with van der Waals surface area (Å²) in [5.41, 5.74) is 0.577. The number of fused-ring (bicyclic) bond motifs is 1. The molecule has 0 unspecified atom stereocenters. The van der Waals surface area contributed by atoms with Gasteiger partial charge in [-0.15, -0.1) is 0 Å². The molecule has 3 aromatic rings. The van der Waals surface area contributed by atoms with Gasteiger partial charge < -0.3 is 5.32 Å². The number of benzene rings is 1. The Labute approximate surface area is 193 Å². The highest BCUT2D eigenvalue weighted by atomic mass is 35.5. The molecule has 11 heteroatoms. The molecule has 0 bridgehead atoms. The first-order valence-electron chi connectivity index (χ1n) is 10.5. The van der Waals surface area contributed by atoms with Crippen molar-refractivity contribution in [3.8, 4) is 0 Å². The monoisotopic (exact) mass is 492 g/mol. The van der Waals surface area contributed by atoms with Crippen molar-refractivity contribution in [3.63, 3.8) is 0 Å². The van der Waals surface area contributed by atoms with Crippen molar-refractivity contribution >= 4 is 60.5 Å². The molecule has 0 radical (unpaired) electrons. The number of halogens is 1. The van der Waals surface area contributed by atoms with Gasteiger partial charge in [0.05, 0.1) is 28.1 Å². The van der Waals surface area contributed by atoms with Crippen LogP contribution in [-0.2, 0) is 19.4 Å². The molecule has 0 saturated heterocycles. The van der Waals surface area contributed by atoms with Crippen LogP contribution in [-0.4, -0.2) is 40.1 Å². The molecule has 8 nitrogen and oxygen atoms in total. The number of anilines is 1. The average molecular weight is 493 g/mol. The van der Waals surface area contributed by atoms with Crippen LogP contribution in [0, 0.1) is 5.92 Å². The number of carbonyl (C=O) groups is 2. The predicted octanol–water partition coefficient (Wildman–Crippen LogP) is 4.02. The lowest BCUT2D eigenvalue weighted by Gasteiger charge is -2.21. The molecule has 1 aromatic carbocycles. The van der Waals surface area contributed by atoms with Crippen LogP contribution in [0.15, 0.2) is 35.5 Å². The van der Waals surface area contributed by atoms with Crippen molar-refractivity contribution in [1.29, 1.82) is 0 Å². The van der Waals surface area contributed by atoms with E-state index in [1.54, 1.807) is 22.9 Å². The minimum atomic E-state index is -3.42. The highest BCUT2D eigenvalue weighted by Gasteiger charge is 2.38. The van der Waals surface area contributed by atoms with Crippen LogP contribution in [0.5, 0.6) is 0 Å². The third-order valence-corrected chi connectivity index (χ3v) is 9.43. The fourth-order valence-electron chi connectivity index (χ4n) is 4.33. The molecule has 2 aliphatic carbocycles. The zero-order valence-electron chi connectivity index (χ0n) is 17.0.